The van der Waals surface area contributed by atoms with Gasteiger partial charge in [-0.1, -0.05) is 0 Å². The second-order valence-corrected chi connectivity index (χ2v) is 7.69. The van der Waals surface area contributed by atoms with Crippen LogP contribution in [0.2, 0.25) is 0 Å². The zero-order valence-corrected chi connectivity index (χ0v) is 16.0. The fourth-order valence-corrected chi connectivity index (χ4v) is 4.52. The molecule has 0 aliphatic carbocycles. The first-order valence-corrected chi connectivity index (χ1v) is 9.83. The normalized spacial score (nSPS) is 23.2. The maximum absolute atomic E-state index is 12.8. The van der Waals surface area contributed by atoms with Gasteiger partial charge in [0.2, 0.25) is 5.91 Å². The van der Waals surface area contributed by atoms with Gasteiger partial charge in [-0.3, -0.25) is 9.59 Å². The van der Waals surface area contributed by atoms with Crippen molar-refractivity contribution in [2.24, 2.45) is 11.8 Å². The third-order valence-corrected chi connectivity index (χ3v) is 6.13. The highest BCUT2D eigenvalue weighted by atomic mass is 16.5. The average molecular weight is 386 g/mol. The first-order chi connectivity index (χ1) is 13.6. The van der Waals surface area contributed by atoms with Crippen LogP contribution in [0.15, 0.2) is 24.4 Å². The van der Waals surface area contributed by atoms with Crippen LogP contribution in [-0.2, 0) is 20.7 Å². The third kappa shape index (κ3) is 3.58. The molecule has 0 radical (unpaired) electrons. The number of carboxylic acid groups (broad SMARTS) is 1. The summed E-state index contributed by atoms with van der Waals surface area (Å²) in [5.74, 6) is -0.0929. The number of nitrogens with zero attached hydrogens (tertiary/aromatic N) is 1. The van der Waals surface area contributed by atoms with E-state index in [1.807, 2.05) is 29.3 Å². The number of aromatic amines is 1. The van der Waals surface area contributed by atoms with Gasteiger partial charge in [-0.05, 0) is 48.9 Å². The number of carbonyl (C=O) groups is 2. The Morgan fingerprint density at radius 2 is 2.07 bits per heavy atom. The molecular formula is C21H26N2O5. The number of H-pyrrole nitrogens is 1. The van der Waals surface area contributed by atoms with Crippen molar-refractivity contribution in [1.82, 2.24) is 9.88 Å². The molecule has 3 heterocycles. The van der Waals surface area contributed by atoms with E-state index >= 15 is 0 Å². The first kappa shape index (κ1) is 18.8. The number of hydrogen-bond acceptors (Lipinski definition) is 4. The molecule has 1 aromatic carbocycles. The van der Waals surface area contributed by atoms with Gasteiger partial charge in [-0.2, -0.15) is 0 Å². The molecule has 4 rings (SSSR count). The molecule has 7 heteroatoms. The van der Waals surface area contributed by atoms with Crippen molar-refractivity contribution in [1.29, 1.82) is 0 Å². The molecule has 150 valence electrons. The fraction of sp³-hybridized carbons (Fsp3) is 0.524. The lowest BCUT2D eigenvalue weighted by atomic mass is 9.84. The lowest BCUT2D eigenvalue weighted by Gasteiger charge is -2.35. The second-order valence-electron chi connectivity index (χ2n) is 7.69. The number of rotatable bonds is 5. The quantitative estimate of drug-likeness (QED) is 0.824. The molecule has 0 bridgehead atoms. The molecule has 28 heavy (non-hydrogen) atoms. The molecule has 2 aliphatic rings. The molecule has 0 saturated carbocycles. The van der Waals surface area contributed by atoms with E-state index in [-0.39, 0.29) is 17.9 Å². The molecule has 2 aliphatic heterocycles. The van der Waals surface area contributed by atoms with Gasteiger partial charge < -0.3 is 24.5 Å². The zero-order valence-electron chi connectivity index (χ0n) is 16.0. The minimum atomic E-state index is -0.768. The van der Waals surface area contributed by atoms with E-state index in [1.54, 1.807) is 7.11 Å². The average Bonchev–Trinajstić information content (AvgIpc) is 3.35. The number of benzene rings is 1. The standard InChI is InChI=1S/C21H26N2O5/c1-27-15-2-3-18-17(11-15)14(12-22-18)10-19(24)23-7-4-13(5-8-23)20-16(21(25)26)6-9-28-20/h2-3,11-13,16,20,22H,4-10H2,1H3,(H,25,26)/t16?,20-/m0/s1. The highest BCUT2D eigenvalue weighted by Gasteiger charge is 2.40. The van der Waals surface area contributed by atoms with Gasteiger partial charge >= 0.3 is 5.97 Å². The zero-order chi connectivity index (χ0) is 19.7. The summed E-state index contributed by atoms with van der Waals surface area (Å²) >= 11 is 0. The smallest absolute Gasteiger partial charge is 0.309 e. The number of likely N-dealkylation sites (tertiary alicyclic amines) is 1. The Hall–Kier alpha value is -2.54. The van der Waals surface area contributed by atoms with Crippen molar-refractivity contribution in [3.05, 3.63) is 30.0 Å². The summed E-state index contributed by atoms with van der Waals surface area (Å²) in [5.41, 5.74) is 1.95. The van der Waals surface area contributed by atoms with Gasteiger partial charge in [-0.25, -0.2) is 0 Å². The third-order valence-electron chi connectivity index (χ3n) is 6.13. The Balaban J connectivity index is 1.38. The predicted octanol–water partition coefficient (Wildman–Crippen LogP) is 2.45. The van der Waals surface area contributed by atoms with Gasteiger partial charge in [0.05, 0.1) is 25.6 Å². The van der Waals surface area contributed by atoms with Crippen LogP contribution < -0.4 is 4.74 Å². The van der Waals surface area contributed by atoms with Crippen LogP contribution in [-0.4, -0.2) is 59.8 Å². The monoisotopic (exact) mass is 386 g/mol. The van der Waals surface area contributed by atoms with Gasteiger partial charge in [0.1, 0.15) is 5.75 Å². The van der Waals surface area contributed by atoms with Gasteiger partial charge in [0.15, 0.2) is 0 Å². The number of amides is 1. The number of carboxylic acids is 1. The van der Waals surface area contributed by atoms with E-state index in [2.05, 4.69) is 4.98 Å². The first-order valence-electron chi connectivity index (χ1n) is 9.83. The summed E-state index contributed by atoms with van der Waals surface area (Å²) in [6, 6.07) is 5.79. The highest BCUT2D eigenvalue weighted by molar-refractivity contribution is 5.89. The maximum Gasteiger partial charge on any atom is 0.309 e. The molecule has 7 nitrogen and oxygen atoms in total. The number of aromatic nitrogens is 1. The Morgan fingerprint density at radius 3 is 2.79 bits per heavy atom. The Labute approximate surface area is 163 Å². The number of ether oxygens (including phenoxy) is 2. The van der Waals surface area contributed by atoms with Crippen molar-refractivity contribution >= 4 is 22.8 Å². The molecule has 2 saturated heterocycles. The molecule has 2 aromatic rings. The number of hydrogen-bond donors (Lipinski definition) is 2. The molecular weight excluding hydrogens is 360 g/mol. The van der Waals surface area contributed by atoms with Crippen molar-refractivity contribution in [3.8, 4) is 5.75 Å². The summed E-state index contributed by atoms with van der Waals surface area (Å²) in [6.45, 7) is 1.83. The number of piperidine rings is 1. The van der Waals surface area contributed by atoms with Gasteiger partial charge in [0.25, 0.3) is 0 Å². The largest absolute Gasteiger partial charge is 0.497 e. The minimum Gasteiger partial charge on any atom is -0.497 e. The van der Waals surface area contributed by atoms with Crippen LogP contribution in [0.1, 0.15) is 24.8 Å². The van der Waals surface area contributed by atoms with Crippen molar-refractivity contribution in [2.75, 3.05) is 26.8 Å². The van der Waals surface area contributed by atoms with E-state index < -0.39 is 11.9 Å². The van der Waals surface area contributed by atoms with Gasteiger partial charge in [-0.15, -0.1) is 0 Å². The van der Waals surface area contributed by atoms with Crippen LogP contribution in [0.4, 0.5) is 0 Å². The molecule has 1 unspecified atom stereocenters. The van der Waals surface area contributed by atoms with Crippen molar-refractivity contribution in [3.63, 3.8) is 0 Å². The molecule has 1 amide bonds. The number of aliphatic carboxylic acids is 1. The van der Waals surface area contributed by atoms with Crippen LogP contribution in [0.5, 0.6) is 5.75 Å². The van der Waals surface area contributed by atoms with Crippen molar-refractivity contribution < 1.29 is 24.2 Å². The molecule has 0 spiro atoms. The van der Waals surface area contributed by atoms with E-state index in [9.17, 15) is 14.7 Å². The summed E-state index contributed by atoms with van der Waals surface area (Å²) in [4.78, 5) is 29.3. The topological polar surface area (TPSA) is 91.9 Å². The highest BCUT2D eigenvalue weighted by Crippen LogP contribution is 2.33. The Bertz CT molecular complexity index is 869. The molecule has 2 N–H and O–H groups in total. The SMILES string of the molecule is COc1ccc2[nH]cc(CC(=O)N3CCC([C@@H]4OCCC4C(=O)O)CC3)c2c1. The number of methoxy groups -OCH3 is 1. The Morgan fingerprint density at radius 1 is 1.29 bits per heavy atom. The second kappa shape index (κ2) is 7.83. The molecule has 2 fully saturated rings. The summed E-state index contributed by atoms with van der Waals surface area (Å²) in [5, 5.41) is 10.4. The van der Waals surface area contributed by atoms with Crippen LogP contribution >= 0.6 is 0 Å². The Kier molecular flexibility index (Phi) is 5.26. The summed E-state index contributed by atoms with van der Waals surface area (Å²) in [7, 11) is 1.63. The van der Waals surface area contributed by atoms with E-state index in [1.165, 1.54) is 0 Å². The van der Waals surface area contributed by atoms with E-state index in [0.29, 0.717) is 32.5 Å². The maximum atomic E-state index is 12.8. The summed E-state index contributed by atoms with van der Waals surface area (Å²) < 4.78 is 11.0. The number of carbonyl (C=O) groups excluding carboxylic acids is 1. The van der Waals surface area contributed by atoms with E-state index in [0.717, 1.165) is 35.1 Å². The van der Waals surface area contributed by atoms with E-state index in [4.69, 9.17) is 9.47 Å². The van der Waals surface area contributed by atoms with Gasteiger partial charge in [0, 0.05) is 36.8 Å². The summed E-state index contributed by atoms with van der Waals surface area (Å²) in [6.07, 6.45) is 4.19. The lowest BCUT2D eigenvalue weighted by Crippen LogP contribution is -2.43. The van der Waals surface area contributed by atoms with Crippen molar-refractivity contribution in [2.45, 2.75) is 31.8 Å². The van der Waals surface area contributed by atoms with Crippen LogP contribution in [0.3, 0.4) is 0 Å². The number of fused-ring (bicyclic) bond motifs is 1. The van der Waals surface area contributed by atoms with Crippen LogP contribution in [0, 0.1) is 11.8 Å². The fourth-order valence-electron chi connectivity index (χ4n) is 4.52. The molecule has 2 atom stereocenters. The lowest BCUT2D eigenvalue weighted by molar-refractivity contribution is -0.145. The number of nitrogens with one attached hydrogen (secondary N) is 1. The minimum absolute atomic E-state index is 0.101. The predicted molar refractivity (Wildman–Crippen MR) is 103 cm³/mol. The van der Waals surface area contributed by atoms with Crippen LogP contribution in [0.25, 0.3) is 10.9 Å². The molecule has 1 aromatic heterocycles.